The van der Waals surface area contributed by atoms with E-state index in [0.717, 1.165) is 30.5 Å². The van der Waals surface area contributed by atoms with Crippen LogP contribution in [0.2, 0.25) is 5.15 Å². The van der Waals surface area contributed by atoms with Gasteiger partial charge in [-0.15, -0.1) is 24.0 Å². The Kier molecular flexibility index (Phi) is 12.6. The topological polar surface area (TPSA) is 49.3 Å². The third kappa shape index (κ3) is 10.2. The minimum Gasteiger partial charge on any atom is -0.357 e. The highest BCUT2D eigenvalue weighted by molar-refractivity contribution is 14.0. The molecule has 0 aliphatic heterocycles. The van der Waals surface area contributed by atoms with Crippen molar-refractivity contribution in [3.63, 3.8) is 0 Å². The fraction of sp³-hybridized carbons (Fsp3) is 0.625. The minimum absolute atomic E-state index is 0. The van der Waals surface area contributed by atoms with Crippen molar-refractivity contribution < 1.29 is 0 Å². The molecule has 0 aromatic carbocycles. The number of aliphatic imine (C=N–C) groups is 1. The number of guanidine groups is 1. The smallest absolute Gasteiger partial charge is 0.191 e. The first kappa shape index (κ1) is 21.4. The Morgan fingerprint density at radius 3 is 2.64 bits per heavy atom. The largest absolute Gasteiger partial charge is 0.357 e. The zero-order chi connectivity index (χ0) is 15.5. The number of hydrogen-bond acceptors (Lipinski definition) is 2. The summed E-state index contributed by atoms with van der Waals surface area (Å²) in [5, 5.41) is 7.14. The Bertz CT molecular complexity index is 421. The molecule has 0 bridgehead atoms. The molecule has 2 N–H and O–H groups in total. The number of unbranched alkanes of at least 4 members (excludes halogenated alkanes) is 1. The van der Waals surface area contributed by atoms with Gasteiger partial charge in [0.05, 0.1) is 6.54 Å². The number of aromatic nitrogens is 1. The van der Waals surface area contributed by atoms with E-state index in [9.17, 15) is 0 Å². The van der Waals surface area contributed by atoms with Crippen LogP contribution in [0.3, 0.4) is 0 Å². The summed E-state index contributed by atoms with van der Waals surface area (Å²) in [5.74, 6) is 1.64. The number of rotatable bonds is 8. The van der Waals surface area contributed by atoms with Crippen LogP contribution in [0.1, 0.15) is 45.6 Å². The molecular formula is C16H28ClIN4. The molecule has 0 radical (unpaired) electrons. The number of nitrogens with one attached hydrogen (secondary N) is 2. The maximum absolute atomic E-state index is 5.77. The maximum atomic E-state index is 5.77. The molecular weight excluding hydrogens is 411 g/mol. The third-order valence-corrected chi connectivity index (χ3v) is 3.28. The maximum Gasteiger partial charge on any atom is 0.191 e. The van der Waals surface area contributed by atoms with Crippen LogP contribution in [-0.2, 0) is 6.54 Å². The fourth-order valence-corrected chi connectivity index (χ4v) is 2.01. The molecule has 4 nitrogen and oxygen atoms in total. The summed E-state index contributed by atoms with van der Waals surface area (Å²) < 4.78 is 0. The summed E-state index contributed by atoms with van der Waals surface area (Å²) in [4.78, 5) is 8.62. The summed E-state index contributed by atoms with van der Waals surface area (Å²) in [6, 6.07) is 3.74. The van der Waals surface area contributed by atoms with Crippen molar-refractivity contribution in [3.8, 4) is 0 Å². The van der Waals surface area contributed by atoms with E-state index < -0.39 is 0 Å². The van der Waals surface area contributed by atoms with Gasteiger partial charge in [0.2, 0.25) is 0 Å². The summed E-state index contributed by atoms with van der Waals surface area (Å²) in [6.07, 6.45) is 5.47. The van der Waals surface area contributed by atoms with Crippen molar-refractivity contribution in [1.82, 2.24) is 15.6 Å². The summed E-state index contributed by atoms with van der Waals surface area (Å²) in [5.41, 5.74) is 1.05. The standard InChI is InChI=1S/C16H27ClN4.HI/c1-4-18-16(19-10-6-5-7-13(2)3)21-12-14-8-9-15(17)20-11-14;/h8-9,11,13H,4-7,10,12H2,1-3H3,(H2,18,19,21);1H. The van der Waals surface area contributed by atoms with E-state index in [4.69, 9.17) is 11.6 Å². The molecule has 0 aliphatic carbocycles. The molecule has 22 heavy (non-hydrogen) atoms. The second-order valence-corrected chi connectivity index (χ2v) is 5.89. The fourth-order valence-electron chi connectivity index (χ4n) is 1.90. The highest BCUT2D eigenvalue weighted by Crippen LogP contribution is 2.06. The van der Waals surface area contributed by atoms with Crippen LogP contribution in [-0.4, -0.2) is 24.0 Å². The molecule has 1 rings (SSSR count). The van der Waals surface area contributed by atoms with Crippen molar-refractivity contribution in [2.24, 2.45) is 10.9 Å². The normalized spacial score (nSPS) is 11.2. The van der Waals surface area contributed by atoms with Crippen molar-refractivity contribution in [3.05, 3.63) is 29.0 Å². The number of halogens is 2. The minimum atomic E-state index is 0. The van der Waals surface area contributed by atoms with E-state index in [1.807, 2.05) is 6.07 Å². The summed E-state index contributed by atoms with van der Waals surface area (Å²) in [6.45, 7) is 9.01. The predicted octanol–water partition coefficient (Wildman–Crippen LogP) is 4.23. The van der Waals surface area contributed by atoms with Crippen LogP contribution in [0.5, 0.6) is 0 Å². The lowest BCUT2D eigenvalue weighted by Crippen LogP contribution is -2.37. The molecule has 0 saturated heterocycles. The molecule has 1 aromatic heterocycles. The molecule has 126 valence electrons. The Morgan fingerprint density at radius 1 is 1.27 bits per heavy atom. The number of nitrogens with zero attached hydrogens (tertiary/aromatic N) is 2. The lowest BCUT2D eigenvalue weighted by atomic mass is 10.1. The first-order valence-electron chi connectivity index (χ1n) is 7.74. The van der Waals surface area contributed by atoms with E-state index in [0.29, 0.717) is 11.7 Å². The molecule has 0 amide bonds. The second kappa shape index (κ2) is 12.9. The SMILES string of the molecule is CCNC(=NCc1ccc(Cl)nc1)NCCCCC(C)C.I. The van der Waals surface area contributed by atoms with E-state index in [1.165, 1.54) is 19.3 Å². The van der Waals surface area contributed by atoms with Crippen molar-refractivity contribution in [1.29, 1.82) is 0 Å². The molecule has 0 spiro atoms. The van der Waals surface area contributed by atoms with Gasteiger partial charge in [-0.2, -0.15) is 0 Å². The van der Waals surface area contributed by atoms with E-state index in [2.05, 4.69) is 41.4 Å². The molecule has 6 heteroatoms. The highest BCUT2D eigenvalue weighted by Gasteiger charge is 1.99. The van der Waals surface area contributed by atoms with E-state index in [-0.39, 0.29) is 24.0 Å². The van der Waals surface area contributed by atoms with Gasteiger partial charge in [-0.05, 0) is 30.9 Å². The van der Waals surface area contributed by atoms with Crippen LogP contribution in [0.15, 0.2) is 23.3 Å². The zero-order valence-corrected chi connectivity index (χ0v) is 16.8. The third-order valence-electron chi connectivity index (χ3n) is 3.05. The lowest BCUT2D eigenvalue weighted by Gasteiger charge is -2.11. The number of pyridine rings is 1. The first-order valence-corrected chi connectivity index (χ1v) is 8.12. The van der Waals surface area contributed by atoms with Crippen molar-refractivity contribution >= 4 is 41.5 Å². The van der Waals surface area contributed by atoms with Gasteiger partial charge in [-0.25, -0.2) is 9.98 Å². The molecule has 1 aromatic rings. The second-order valence-electron chi connectivity index (χ2n) is 5.50. The average Bonchev–Trinajstić information content (AvgIpc) is 2.45. The van der Waals surface area contributed by atoms with Crippen molar-refractivity contribution in [2.45, 2.75) is 46.6 Å². The van der Waals surface area contributed by atoms with E-state index >= 15 is 0 Å². The summed E-state index contributed by atoms with van der Waals surface area (Å²) >= 11 is 5.77. The van der Waals surface area contributed by atoms with Crippen LogP contribution < -0.4 is 10.6 Å². The monoisotopic (exact) mass is 438 g/mol. The Balaban J connectivity index is 0.00000441. The van der Waals surface area contributed by atoms with E-state index in [1.54, 1.807) is 12.3 Å². The van der Waals surface area contributed by atoms with Gasteiger partial charge >= 0.3 is 0 Å². The van der Waals surface area contributed by atoms with Gasteiger partial charge in [0.15, 0.2) is 5.96 Å². The Labute approximate surface area is 156 Å². The number of hydrogen-bond donors (Lipinski definition) is 2. The Hall–Kier alpha value is -0.560. The molecule has 0 saturated carbocycles. The molecule has 0 aliphatic rings. The van der Waals surface area contributed by atoms with Gasteiger partial charge < -0.3 is 10.6 Å². The van der Waals surface area contributed by atoms with Gasteiger partial charge in [-0.1, -0.05) is 44.4 Å². The van der Waals surface area contributed by atoms with Crippen LogP contribution in [0.4, 0.5) is 0 Å². The molecule has 0 unspecified atom stereocenters. The lowest BCUT2D eigenvalue weighted by molar-refractivity contribution is 0.534. The van der Waals surface area contributed by atoms with Crippen LogP contribution in [0, 0.1) is 5.92 Å². The molecule has 1 heterocycles. The van der Waals surface area contributed by atoms with Crippen LogP contribution >= 0.6 is 35.6 Å². The van der Waals surface area contributed by atoms with Crippen LogP contribution in [0.25, 0.3) is 0 Å². The first-order chi connectivity index (χ1) is 10.1. The molecule has 0 atom stereocenters. The quantitative estimate of drug-likeness (QED) is 0.210. The zero-order valence-electron chi connectivity index (χ0n) is 13.7. The predicted molar refractivity (Wildman–Crippen MR) is 106 cm³/mol. The van der Waals surface area contributed by atoms with Gasteiger partial charge in [0.25, 0.3) is 0 Å². The van der Waals surface area contributed by atoms with Gasteiger partial charge in [-0.3, -0.25) is 0 Å². The molecule has 0 fully saturated rings. The van der Waals surface area contributed by atoms with Gasteiger partial charge in [0.1, 0.15) is 5.15 Å². The average molecular weight is 439 g/mol. The highest BCUT2D eigenvalue weighted by atomic mass is 127. The Morgan fingerprint density at radius 2 is 2.05 bits per heavy atom. The summed E-state index contributed by atoms with van der Waals surface area (Å²) in [7, 11) is 0. The van der Waals surface area contributed by atoms with Crippen molar-refractivity contribution in [2.75, 3.05) is 13.1 Å². The van der Waals surface area contributed by atoms with Gasteiger partial charge in [0, 0.05) is 19.3 Å².